The summed E-state index contributed by atoms with van der Waals surface area (Å²) >= 11 is 1.99. The minimum absolute atomic E-state index is 0.159. The number of hydrogen-bond donors (Lipinski definition) is 1. The van der Waals surface area contributed by atoms with Gasteiger partial charge < -0.3 is 5.73 Å². The maximum absolute atomic E-state index is 12.0. The smallest absolute Gasteiger partial charge is 0.383 e. The highest BCUT2D eigenvalue weighted by Gasteiger charge is 2.27. The number of rotatable bonds is 3. The van der Waals surface area contributed by atoms with Crippen LogP contribution < -0.4 is 5.73 Å². The number of aromatic nitrogens is 2. The molecule has 0 fully saturated rings. The fourth-order valence-corrected chi connectivity index (χ4v) is 1.79. The third-order valence-corrected chi connectivity index (χ3v) is 3.13. The second kappa shape index (κ2) is 5.15. The Bertz CT molecular complexity index is 379. The summed E-state index contributed by atoms with van der Waals surface area (Å²) in [5, 5.41) is 0. The van der Waals surface area contributed by atoms with E-state index in [1.54, 1.807) is 0 Å². The van der Waals surface area contributed by atoms with Gasteiger partial charge in [-0.3, -0.25) is 0 Å². The van der Waals surface area contributed by atoms with E-state index >= 15 is 0 Å². The molecule has 0 aliphatic rings. The Hall–Kier alpha value is -0.600. The summed E-state index contributed by atoms with van der Waals surface area (Å²) in [4.78, 5) is 7.90. The van der Waals surface area contributed by atoms with Crippen LogP contribution in [0.5, 0.6) is 0 Å². The molecular formula is C9H11F3IN3. The zero-order chi connectivity index (χ0) is 12.3. The van der Waals surface area contributed by atoms with Crippen LogP contribution in [-0.2, 0) is 12.8 Å². The van der Waals surface area contributed by atoms with E-state index in [-0.39, 0.29) is 18.1 Å². The number of nitrogens with two attached hydrogens (primary N) is 1. The summed E-state index contributed by atoms with van der Waals surface area (Å²) in [5.74, 6) is 0.414. The van der Waals surface area contributed by atoms with Gasteiger partial charge in [-0.2, -0.15) is 13.2 Å². The van der Waals surface area contributed by atoms with Gasteiger partial charge in [0.05, 0.1) is 15.7 Å². The molecule has 0 bridgehead atoms. The summed E-state index contributed by atoms with van der Waals surface area (Å²) in [7, 11) is 0. The van der Waals surface area contributed by atoms with Crippen molar-refractivity contribution in [2.75, 3.05) is 5.73 Å². The number of anilines is 1. The molecule has 0 saturated carbocycles. The Morgan fingerprint density at radius 2 is 1.94 bits per heavy atom. The molecule has 0 unspecified atom stereocenters. The molecule has 90 valence electrons. The number of nitrogens with zero attached hydrogens (tertiary/aromatic N) is 2. The van der Waals surface area contributed by atoms with Crippen molar-refractivity contribution in [3.8, 4) is 0 Å². The molecule has 0 aliphatic heterocycles. The lowest BCUT2D eigenvalue weighted by atomic mass is 10.2. The van der Waals surface area contributed by atoms with Crippen LogP contribution >= 0.6 is 22.6 Å². The van der Waals surface area contributed by atoms with Crippen molar-refractivity contribution in [2.45, 2.75) is 32.4 Å². The van der Waals surface area contributed by atoms with Crippen LogP contribution in [0.25, 0.3) is 0 Å². The highest BCUT2D eigenvalue weighted by atomic mass is 127. The van der Waals surface area contributed by atoms with Gasteiger partial charge in [0.15, 0.2) is 0 Å². The standard InChI is InChI=1S/C9H11F3IN3/c1-2-5-7(13)8(14)16-6(15-5)3-4-9(10,11)12/h2-4H2,1H3,(H2,14,15,16). The zero-order valence-electron chi connectivity index (χ0n) is 8.60. The molecule has 16 heavy (non-hydrogen) atoms. The van der Waals surface area contributed by atoms with Gasteiger partial charge >= 0.3 is 6.18 Å². The van der Waals surface area contributed by atoms with E-state index in [2.05, 4.69) is 9.97 Å². The Labute approximate surface area is 105 Å². The van der Waals surface area contributed by atoms with E-state index in [4.69, 9.17) is 5.73 Å². The second-order valence-corrected chi connectivity index (χ2v) is 4.33. The first-order valence-electron chi connectivity index (χ1n) is 4.71. The van der Waals surface area contributed by atoms with E-state index in [1.165, 1.54) is 0 Å². The fourth-order valence-electron chi connectivity index (χ4n) is 1.17. The van der Waals surface area contributed by atoms with Crippen molar-refractivity contribution in [2.24, 2.45) is 0 Å². The van der Waals surface area contributed by atoms with Crippen LogP contribution in [0.1, 0.15) is 24.9 Å². The Kier molecular flexibility index (Phi) is 4.34. The average molecular weight is 345 g/mol. The number of hydrogen-bond acceptors (Lipinski definition) is 3. The van der Waals surface area contributed by atoms with Gasteiger partial charge in [0, 0.05) is 6.42 Å². The quantitative estimate of drug-likeness (QED) is 0.858. The molecule has 0 atom stereocenters. The first-order chi connectivity index (χ1) is 7.33. The summed E-state index contributed by atoms with van der Waals surface area (Å²) in [6, 6.07) is 0. The van der Waals surface area contributed by atoms with Crippen LogP contribution in [0.2, 0.25) is 0 Å². The van der Waals surface area contributed by atoms with E-state index in [0.717, 1.165) is 3.57 Å². The molecule has 0 aromatic carbocycles. The summed E-state index contributed by atoms with van der Waals surface area (Å²) in [6.07, 6.45) is -4.70. The molecule has 7 heteroatoms. The van der Waals surface area contributed by atoms with Crippen molar-refractivity contribution in [3.63, 3.8) is 0 Å². The molecule has 0 amide bonds. The maximum atomic E-state index is 12.0. The number of alkyl halides is 3. The van der Waals surface area contributed by atoms with Crippen molar-refractivity contribution in [1.82, 2.24) is 9.97 Å². The predicted molar refractivity (Wildman–Crippen MR) is 62.9 cm³/mol. The largest absolute Gasteiger partial charge is 0.389 e. The normalized spacial score (nSPS) is 11.8. The molecule has 1 rings (SSSR count). The van der Waals surface area contributed by atoms with Gasteiger partial charge in [0.2, 0.25) is 0 Å². The third kappa shape index (κ3) is 3.76. The lowest BCUT2D eigenvalue weighted by Gasteiger charge is -2.08. The SMILES string of the molecule is CCc1nc(CCC(F)(F)F)nc(N)c1I. The highest BCUT2D eigenvalue weighted by Crippen LogP contribution is 2.22. The minimum Gasteiger partial charge on any atom is -0.383 e. The van der Waals surface area contributed by atoms with Gasteiger partial charge in [0.25, 0.3) is 0 Å². The molecular weight excluding hydrogens is 334 g/mol. The minimum atomic E-state index is -4.19. The zero-order valence-corrected chi connectivity index (χ0v) is 10.8. The number of halogens is 4. The molecule has 0 saturated heterocycles. The maximum Gasteiger partial charge on any atom is 0.389 e. The first kappa shape index (κ1) is 13.5. The van der Waals surface area contributed by atoms with E-state index < -0.39 is 12.6 Å². The third-order valence-electron chi connectivity index (χ3n) is 1.96. The van der Waals surface area contributed by atoms with Gasteiger partial charge in [0.1, 0.15) is 11.6 Å². The molecule has 0 radical (unpaired) electrons. The average Bonchev–Trinajstić information content (AvgIpc) is 2.18. The molecule has 1 aromatic rings. The van der Waals surface area contributed by atoms with Gasteiger partial charge in [-0.25, -0.2) is 9.97 Å². The topological polar surface area (TPSA) is 51.8 Å². The van der Waals surface area contributed by atoms with Crippen molar-refractivity contribution < 1.29 is 13.2 Å². The summed E-state index contributed by atoms with van der Waals surface area (Å²) < 4.78 is 36.8. The van der Waals surface area contributed by atoms with Gasteiger partial charge in [-0.15, -0.1) is 0 Å². The van der Waals surface area contributed by atoms with Crippen LogP contribution in [0.3, 0.4) is 0 Å². The second-order valence-electron chi connectivity index (χ2n) is 3.25. The predicted octanol–water partition coefficient (Wildman–Crippen LogP) is 2.72. The number of nitrogen functional groups attached to an aromatic ring is 1. The van der Waals surface area contributed by atoms with Crippen molar-refractivity contribution in [1.29, 1.82) is 0 Å². The van der Waals surface area contributed by atoms with E-state index in [0.29, 0.717) is 12.1 Å². The molecule has 2 N–H and O–H groups in total. The van der Waals surface area contributed by atoms with Crippen LogP contribution in [0.4, 0.5) is 19.0 Å². The van der Waals surface area contributed by atoms with Gasteiger partial charge in [-0.1, -0.05) is 6.92 Å². The van der Waals surface area contributed by atoms with Crippen molar-refractivity contribution in [3.05, 3.63) is 15.1 Å². The monoisotopic (exact) mass is 345 g/mol. The van der Waals surface area contributed by atoms with Crippen LogP contribution in [-0.4, -0.2) is 16.1 Å². The first-order valence-corrected chi connectivity index (χ1v) is 5.79. The van der Waals surface area contributed by atoms with Crippen LogP contribution in [0, 0.1) is 3.57 Å². The Morgan fingerprint density at radius 1 is 1.31 bits per heavy atom. The van der Waals surface area contributed by atoms with Crippen LogP contribution in [0.15, 0.2) is 0 Å². The molecule has 0 spiro atoms. The Balaban J connectivity index is 2.86. The van der Waals surface area contributed by atoms with E-state index in [1.807, 2.05) is 29.5 Å². The van der Waals surface area contributed by atoms with Gasteiger partial charge in [-0.05, 0) is 29.0 Å². The van der Waals surface area contributed by atoms with Crippen molar-refractivity contribution >= 4 is 28.4 Å². The molecule has 1 heterocycles. The number of aryl methyl sites for hydroxylation is 2. The Morgan fingerprint density at radius 3 is 2.44 bits per heavy atom. The summed E-state index contributed by atoms with van der Waals surface area (Å²) in [6.45, 7) is 1.87. The fraction of sp³-hybridized carbons (Fsp3) is 0.556. The lowest BCUT2D eigenvalue weighted by molar-refractivity contribution is -0.134. The lowest BCUT2D eigenvalue weighted by Crippen LogP contribution is -2.12. The molecule has 3 nitrogen and oxygen atoms in total. The molecule has 1 aromatic heterocycles. The van der Waals surface area contributed by atoms with E-state index in [9.17, 15) is 13.2 Å². The molecule has 0 aliphatic carbocycles. The summed E-state index contributed by atoms with van der Waals surface area (Å²) in [5.41, 5.74) is 6.30. The highest BCUT2D eigenvalue weighted by molar-refractivity contribution is 14.1.